The third-order valence-corrected chi connectivity index (χ3v) is 6.15. The van der Waals surface area contributed by atoms with E-state index in [1.165, 1.54) is 51.4 Å². The fraction of sp³-hybridized carbons (Fsp3) is 0.944. The molecule has 2 fully saturated rings. The van der Waals surface area contributed by atoms with Crippen LogP contribution >= 0.6 is 0 Å². The number of ether oxygens (including phenoxy) is 1. The molecule has 0 bridgehead atoms. The van der Waals surface area contributed by atoms with Gasteiger partial charge in [0, 0.05) is 33.9 Å². The van der Waals surface area contributed by atoms with Crippen LogP contribution in [0.4, 0.5) is 0 Å². The third kappa shape index (κ3) is 4.37. The first kappa shape index (κ1) is 17.6. The van der Waals surface area contributed by atoms with Gasteiger partial charge in [0.05, 0.1) is 0 Å². The van der Waals surface area contributed by atoms with Crippen molar-refractivity contribution >= 4 is 5.96 Å². The molecule has 0 aliphatic heterocycles. The average Bonchev–Trinajstić information content (AvgIpc) is 2.97. The van der Waals surface area contributed by atoms with Gasteiger partial charge in [-0.25, -0.2) is 0 Å². The van der Waals surface area contributed by atoms with E-state index < -0.39 is 0 Å². The maximum Gasteiger partial charge on any atom is 0.191 e. The van der Waals surface area contributed by atoms with Gasteiger partial charge in [0.15, 0.2) is 5.96 Å². The van der Waals surface area contributed by atoms with Crippen LogP contribution in [0.5, 0.6) is 0 Å². The molecule has 2 N–H and O–H groups in total. The molecule has 2 saturated carbocycles. The summed E-state index contributed by atoms with van der Waals surface area (Å²) in [5, 5.41) is 7.16. The molecule has 0 amide bonds. The number of guanidine groups is 1. The first-order chi connectivity index (χ1) is 10.7. The van der Waals surface area contributed by atoms with Crippen molar-refractivity contribution in [3.05, 3.63) is 0 Å². The van der Waals surface area contributed by atoms with Gasteiger partial charge in [-0.05, 0) is 49.4 Å². The Morgan fingerprint density at radius 2 is 1.59 bits per heavy atom. The van der Waals surface area contributed by atoms with Gasteiger partial charge in [-0.15, -0.1) is 0 Å². The van der Waals surface area contributed by atoms with Crippen LogP contribution in [0.15, 0.2) is 4.99 Å². The van der Waals surface area contributed by atoms with Crippen molar-refractivity contribution in [2.75, 3.05) is 33.9 Å². The van der Waals surface area contributed by atoms with Crippen LogP contribution in [0.2, 0.25) is 0 Å². The quantitative estimate of drug-likeness (QED) is 0.534. The highest BCUT2D eigenvalue weighted by atomic mass is 16.5. The van der Waals surface area contributed by atoms with Gasteiger partial charge in [0.1, 0.15) is 0 Å². The molecule has 0 aromatic heterocycles. The Balaban J connectivity index is 1.79. The Hall–Kier alpha value is -0.770. The second-order valence-electron chi connectivity index (χ2n) is 7.44. The predicted molar refractivity (Wildman–Crippen MR) is 93.3 cm³/mol. The molecule has 4 nitrogen and oxygen atoms in total. The maximum absolute atomic E-state index is 5.32. The fourth-order valence-corrected chi connectivity index (χ4v) is 4.05. The molecule has 128 valence electrons. The second kappa shape index (κ2) is 8.19. The molecular weight excluding hydrogens is 274 g/mol. The summed E-state index contributed by atoms with van der Waals surface area (Å²) >= 11 is 0. The number of aliphatic imine (C=N–C) groups is 1. The minimum atomic E-state index is 0.409. The summed E-state index contributed by atoms with van der Waals surface area (Å²) < 4.78 is 5.32. The van der Waals surface area contributed by atoms with Crippen molar-refractivity contribution < 1.29 is 4.74 Å². The van der Waals surface area contributed by atoms with E-state index in [0.717, 1.165) is 32.1 Å². The first-order valence-electron chi connectivity index (χ1n) is 9.11. The summed E-state index contributed by atoms with van der Waals surface area (Å²) in [5.74, 6) is 0.975. The Morgan fingerprint density at radius 3 is 2.05 bits per heavy atom. The molecule has 0 aromatic carbocycles. The maximum atomic E-state index is 5.32. The molecule has 0 aromatic rings. The Bertz CT molecular complexity index is 352. The average molecular weight is 309 g/mol. The highest BCUT2D eigenvalue weighted by Gasteiger charge is 2.36. The lowest BCUT2D eigenvalue weighted by molar-refractivity contribution is 0.130. The molecule has 22 heavy (non-hydrogen) atoms. The van der Waals surface area contributed by atoms with Gasteiger partial charge in [0.25, 0.3) is 0 Å². The number of hydrogen-bond acceptors (Lipinski definition) is 2. The molecule has 0 unspecified atom stereocenters. The van der Waals surface area contributed by atoms with E-state index in [4.69, 9.17) is 4.74 Å². The number of hydrogen-bond donors (Lipinski definition) is 2. The van der Waals surface area contributed by atoms with Crippen molar-refractivity contribution in [1.82, 2.24) is 10.6 Å². The zero-order chi connectivity index (χ0) is 15.9. The molecule has 0 radical (unpaired) electrons. The number of methoxy groups -OCH3 is 1. The zero-order valence-corrected chi connectivity index (χ0v) is 14.8. The number of nitrogens with one attached hydrogen (secondary N) is 2. The van der Waals surface area contributed by atoms with Crippen LogP contribution in [-0.2, 0) is 4.74 Å². The summed E-state index contributed by atoms with van der Waals surface area (Å²) in [6.45, 7) is 5.27. The van der Waals surface area contributed by atoms with E-state index in [9.17, 15) is 0 Å². The predicted octanol–water partition coefficient (Wildman–Crippen LogP) is 3.33. The van der Waals surface area contributed by atoms with E-state index in [1.54, 1.807) is 7.11 Å². The van der Waals surface area contributed by atoms with Crippen molar-refractivity contribution in [2.24, 2.45) is 15.8 Å². The van der Waals surface area contributed by atoms with E-state index in [1.807, 2.05) is 7.05 Å². The van der Waals surface area contributed by atoms with Crippen LogP contribution in [0.25, 0.3) is 0 Å². The Kier molecular flexibility index (Phi) is 6.54. The topological polar surface area (TPSA) is 45.7 Å². The summed E-state index contributed by atoms with van der Waals surface area (Å²) in [6.07, 6.45) is 11.9. The van der Waals surface area contributed by atoms with Crippen LogP contribution in [-0.4, -0.2) is 39.8 Å². The normalized spacial score (nSPS) is 23.1. The van der Waals surface area contributed by atoms with Gasteiger partial charge in [0.2, 0.25) is 0 Å². The summed E-state index contributed by atoms with van der Waals surface area (Å²) in [5.41, 5.74) is 0.936. The molecule has 2 aliphatic carbocycles. The van der Waals surface area contributed by atoms with Gasteiger partial charge in [-0.2, -0.15) is 0 Å². The largest absolute Gasteiger partial charge is 0.385 e. The van der Waals surface area contributed by atoms with Gasteiger partial charge < -0.3 is 15.4 Å². The first-order valence-corrected chi connectivity index (χ1v) is 9.11. The molecule has 0 spiro atoms. The van der Waals surface area contributed by atoms with Gasteiger partial charge in [-0.3, -0.25) is 4.99 Å². The smallest absolute Gasteiger partial charge is 0.191 e. The van der Waals surface area contributed by atoms with E-state index in [2.05, 4.69) is 22.5 Å². The molecule has 2 aliphatic rings. The second-order valence-corrected chi connectivity index (χ2v) is 7.44. The number of rotatable bonds is 8. The standard InChI is InChI=1S/C18H35N3O/c1-4-17(10-7-11-17)14-20-16(19-2)21-15-18(12-13-22-3)8-5-6-9-18/h4-15H2,1-3H3,(H2,19,20,21). The minimum absolute atomic E-state index is 0.409. The van der Waals surface area contributed by atoms with Crippen molar-refractivity contribution in [3.8, 4) is 0 Å². The SMILES string of the molecule is CCC1(CNC(=NC)NCC2(CCOC)CCCC2)CCC1. The number of nitrogens with zero attached hydrogens (tertiary/aromatic N) is 1. The highest BCUT2D eigenvalue weighted by molar-refractivity contribution is 5.79. The lowest BCUT2D eigenvalue weighted by Crippen LogP contribution is -2.48. The summed E-state index contributed by atoms with van der Waals surface area (Å²) in [7, 11) is 3.69. The zero-order valence-electron chi connectivity index (χ0n) is 14.8. The fourth-order valence-electron chi connectivity index (χ4n) is 4.05. The third-order valence-electron chi connectivity index (χ3n) is 6.15. The van der Waals surface area contributed by atoms with Crippen molar-refractivity contribution in [3.63, 3.8) is 0 Å². The minimum Gasteiger partial charge on any atom is -0.385 e. The van der Waals surface area contributed by atoms with E-state index >= 15 is 0 Å². The van der Waals surface area contributed by atoms with Crippen LogP contribution in [0, 0.1) is 10.8 Å². The van der Waals surface area contributed by atoms with Crippen LogP contribution in [0.3, 0.4) is 0 Å². The summed E-state index contributed by atoms with van der Waals surface area (Å²) in [6, 6.07) is 0. The molecule has 0 saturated heterocycles. The molecule has 0 heterocycles. The summed E-state index contributed by atoms with van der Waals surface area (Å²) in [4.78, 5) is 4.42. The van der Waals surface area contributed by atoms with Gasteiger partial charge in [-0.1, -0.05) is 26.2 Å². The van der Waals surface area contributed by atoms with Crippen molar-refractivity contribution in [2.45, 2.75) is 64.7 Å². The van der Waals surface area contributed by atoms with Crippen molar-refractivity contribution in [1.29, 1.82) is 0 Å². The van der Waals surface area contributed by atoms with E-state index in [-0.39, 0.29) is 0 Å². The Morgan fingerprint density at radius 1 is 1.00 bits per heavy atom. The monoisotopic (exact) mass is 309 g/mol. The van der Waals surface area contributed by atoms with E-state index in [0.29, 0.717) is 10.8 Å². The van der Waals surface area contributed by atoms with Crippen LogP contribution < -0.4 is 10.6 Å². The highest BCUT2D eigenvalue weighted by Crippen LogP contribution is 2.43. The molecule has 4 heteroatoms. The Labute approximate surface area is 136 Å². The molecular formula is C18H35N3O. The van der Waals surface area contributed by atoms with Crippen LogP contribution in [0.1, 0.15) is 64.7 Å². The molecule has 0 atom stereocenters. The lowest BCUT2D eigenvalue weighted by atomic mass is 9.67. The van der Waals surface area contributed by atoms with Gasteiger partial charge >= 0.3 is 0 Å². The lowest BCUT2D eigenvalue weighted by Gasteiger charge is -2.41. The molecule has 2 rings (SSSR count).